The number of sulfonamides is 1. The maximum Gasteiger partial charge on any atom is 0.573 e. The average Bonchev–Trinajstić information content (AvgIpc) is 2.51. The summed E-state index contributed by atoms with van der Waals surface area (Å²) in [6, 6.07) is 9.69. The van der Waals surface area contributed by atoms with Gasteiger partial charge in [-0.05, 0) is 61.4 Å². The van der Waals surface area contributed by atoms with E-state index < -0.39 is 34.6 Å². The molecule has 10 heteroatoms. The van der Waals surface area contributed by atoms with Crippen LogP contribution in [0.4, 0.5) is 24.5 Å². The van der Waals surface area contributed by atoms with E-state index in [0.29, 0.717) is 5.69 Å². The van der Waals surface area contributed by atoms with Gasteiger partial charge in [0.25, 0.3) is 0 Å². The third-order valence-electron chi connectivity index (χ3n) is 3.55. The summed E-state index contributed by atoms with van der Waals surface area (Å²) >= 11 is 0. The van der Waals surface area contributed by atoms with Crippen LogP contribution in [0, 0.1) is 13.8 Å². The van der Waals surface area contributed by atoms with Gasteiger partial charge in [0.15, 0.2) is 0 Å². The van der Waals surface area contributed by atoms with Crippen molar-refractivity contribution in [2.45, 2.75) is 20.2 Å². The molecule has 2 rings (SSSR count). The highest BCUT2D eigenvalue weighted by Gasteiger charge is 2.31. The molecule has 6 nitrogen and oxygen atoms in total. The fourth-order valence-corrected chi connectivity index (χ4v) is 3.41. The lowest BCUT2D eigenvalue weighted by molar-refractivity contribution is -0.274. The Balaban J connectivity index is 2.14. The van der Waals surface area contributed by atoms with Gasteiger partial charge < -0.3 is 10.1 Å². The normalized spacial score (nSPS) is 11.8. The van der Waals surface area contributed by atoms with Gasteiger partial charge in [0.2, 0.25) is 15.9 Å². The maximum atomic E-state index is 12.3. The molecule has 1 amide bonds. The number of carbonyl (C=O) groups excluding carboxylic acids is 1. The number of hydrogen-bond acceptors (Lipinski definition) is 4. The summed E-state index contributed by atoms with van der Waals surface area (Å²) in [4.78, 5) is 12.3. The van der Waals surface area contributed by atoms with Crippen LogP contribution in [-0.4, -0.2) is 33.5 Å². The number of benzene rings is 2. The van der Waals surface area contributed by atoms with E-state index in [2.05, 4.69) is 10.1 Å². The van der Waals surface area contributed by atoms with Gasteiger partial charge in [0.1, 0.15) is 12.3 Å². The summed E-state index contributed by atoms with van der Waals surface area (Å²) in [5.41, 5.74) is 2.23. The van der Waals surface area contributed by atoms with Gasteiger partial charge in [-0.25, -0.2) is 8.42 Å². The molecule has 1 N–H and O–H groups in total. The minimum Gasteiger partial charge on any atom is -0.406 e. The van der Waals surface area contributed by atoms with E-state index in [-0.39, 0.29) is 5.69 Å². The molecule has 152 valence electrons. The fourth-order valence-electron chi connectivity index (χ4n) is 2.57. The van der Waals surface area contributed by atoms with Crippen molar-refractivity contribution in [2.24, 2.45) is 0 Å². The van der Waals surface area contributed by atoms with Crippen LogP contribution in [0.1, 0.15) is 11.1 Å². The Morgan fingerprint density at radius 1 is 1.07 bits per heavy atom. The summed E-state index contributed by atoms with van der Waals surface area (Å²) < 4.78 is 65.5. The summed E-state index contributed by atoms with van der Waals surface area (Å²) in [6.45, 7) is 3.13. The van der Waals surface area contributed by atoms with E-state index in [1.165, 1.54) is 12.1 Å². The molecule has 0 saturated carbocycles. The third-order valence-corrected chi connectivity index (χ3v) is 4.69. The van der Waals surface area contributed by atoms with Crippen LogP contribution >= 0.6 is 0 Å². The molecule has 0 atom stereocenters. The molecular weight excluding hydrogens is 397 g/mol. The van der Waals surface area contributed by atoms with E-state index >= 15 is 0 Å². The highest BCUT2D eigenvalue weighted by Crippen LogP contribution is 2.24. The van der Waals surface area contributed by atoms with Crippen LogP contribution < -0.4 is 14.4 Å². The molecule has 2 aromatic rings. The lowest BCUT2D eigenvalue weighted by Gasteiger charge is -2.23. The number of aryl methyl sites for hydroxylation is 2. The van der Waals surface area contributed by atoms with Crippen molar-refractivity contribution in [3.8, 4) is 5.75 Å². The molecule has 2 aromatic carbocycles. The molecular formula is C18H19F3N2O4S. The first kappa shape index (κ1) is 21.5. The van der Waals surface area contributed by atoms with Gasteiger partial charge in [0, 0.05) is 5.69 Å². The highest BCUT2D eigenvalue weighted by molar-refractivity contribution is 7.92. The molecule has 0 fully saturated rings. The molecule has 0 aliphatic rings. The van der Waals surface area contributed by atoms with Crippen molar-refractivity contribution in [1.29, 1.82) is 0 Å². The quantitative estimate of drug-likeness (QED) is 0.781. The van der Waals surface area contributed by atoms with E-state index in [9.17, 15) is 26.4 Å². The predicted molar refractivity (Wildman–Crippen MR) is 99.9 cm³/mol. The second-order valence-corrected chi connectivity index (χ2v) is 8.14. The molecule has 0 bridgehead atoms. The Bertz CT molecular complexity index is 938. The average molecular weight is 416 g/mol. The van der Waals surface area contributed by atoms with Crippen molar-refractivity contribution >= 4 is 27.3 Å². The summed E-state index contributed by atoms with van der Waals surface area (Å²) in [5, 5.41) is 2.45. The molecule has 0 spiro atoms. The summed E-state index contributed by atoms with van der Waals surface area (Å²) in [7, 11) is -3.74. The Hall–Kier alpha value is -2.75. The van der Waals surface area contributed by atoms with E-state index in [4.69, 9.17) is 0 Å². The Kier molecular flexibility index (Phi) is 6.23. The van der Waals surface area contributed by atoms with Gasteiger partial charge in [0.05, 0.1) is 11.9 Å². The van der Waals surface area contributed by atoms with Gasteiger partial charge >= 0.3 is 6.36 Å². The summed E-state index contributed by atoms with van der Waals surface area (Å²) in [5.74, 6) is -1.08. The SMILES string of the molecule is Cc1cc(C)cc(N(CC(=O)Nc2ccc(OC(F)(F)F)cc2)S(C)(=O)=O)c1. The number of anilines is 2. The number of halogens is 3. The first-order chi connectivity index (χ1) is 12.8. The van der Waals surface area contributed by atoms with Crippen LogP contribution in [-0.2, 0) is 14.8 Å². The molecule has 28 heavy (non-hydrogen) atoms. The molecule has 0 radical (unpaired) electrons. The van der Waals surface area contributed by atoms with Crippen LogP contribution in [0.15, 0.2) is 42.5 Å². The van der Waals surface area contributed by atoms with E-state index in [1.807, 2.05) is 19.9 Å². The minimum absolute atomic E-state index is 0.202. The lowest BCUT2D eigenvalue weighted by atomic mass is 10.1. The number of nitrogens with one attached hydrogen (secondary N) is 1. The van der Waals surface area contributed by atoms with Crippen LogP contribution in [0.3, 0.4) is 0 Å². The number of ether oxygens (including phenoxy) is 1. The third kappa shape index (κ3) is 6.45. The van der Waals surface area contributed by atoms with Crippen molar-refractivity contribution in [2.75, 3.05) is 22.4 Å². The van der Waals surface area contributed by atoms with Crippen molar-refractivity contribution in [1.82, 2.24) is 0 Å². The van der Waals surface area contributed by atoms with E-state index in [1.54, 1.807) is 12.1 Å². The number of rotatable bonds is 6. The second-order valence-electron chi connectivity index (χ2n) is 6.24. The van der Waals surface area contributed by atoms with Gasteiger partial charge in [-0.2, -0.15) is 0 Å². The molecule has 0 saturated heterocycles. The van der Waals surface area contributed by atoms with E-state index in [0.717, 1.165) is 33.8 Å². The zero-order chi connectivity index (χ0) is 21.1. The highest BCUT2D eigenvalue weighted by atomic mass is 32.2. The second kappa shape index (κ2) is 8.09. The first-order valence-electron chi connectivity index (χ1n) is 8.05. The largest absolute Gasteiger partial charge is 0.573 e. The zero-order valence-corrected chi connectivity index (χ0v) is 16.2. The minimum atomic E-state index is -4.81. The summed E-state index contributed by atoms with van der Waals surface area (Å²) in [6.07, 6.45) is -3.83. The monoisotopic (exact) mass is 416 g/mol. The zero-order valence-electron chi connectivity index (χ0n) is 15.4. The van der Waals surface area contributed by atoms with Crippen molar-refractivity contribution in [3.05, 3.63) is 53.6 Å². The topological polar surface area (TPSA) is 75.7 Å². The Morgan fingerprint density at radius 2 is 1.61 bits per heavy atom. The smallest absolute Gasteiger partial charge is 0.406 e. The number of alkyl halides is 3. The maximum absolute atomic E-state index is 12.3. The Morgan fingerprint density at radius 3 is 2.07 bits per heavy atom. The molecule has 0 aliphatic heterocycles. The lowest BCUT2D eigenvalue weighted by Crippen LogP contribution is -2.37. The number of amides is 1. The number of nitrogens with zero attached hydrogens (tertiary/aromatic N) is 1. The molecule has 0 aliphatic carbocycles. The van der Waals surface area contributed by atoms with Crippen LogP contribution in [0.25, 0.3) is 0 Å². The van der Waals surface area contributed by atoms with Crippen molar-refractivity contribution in [3.63, 3.8) is 0 Å². The predicted octanol–water partition coefficient (Wildman–Crippen LogP) is 3.61. The molecule has 0 heterocycles. The fraction of sp³-hybridized carbons (Fsp3) is 0.278. The van der Waals surface area contributed by atoms with Gasteiger partial charge in [-0.15, -0.1) is 13.2 Å². The van der Waals surface area contributed by atoms with Crippen LogP contribution in [0.2, 0.25) is 0 Å². The molecule has 0 unspecified atom stereocenters. The number of hydrogen-bond donors (Lipinski definition) is 1. The van der Waals surface area contributed by atoms with Crippen LogP contribution in [0.5, 0.6) is 5.75 Å². The Labute approximate surface area is 161 Å². The standard InChI is InChI=1S/C18H19F3N2O4S/c1-12-8-13(2)10-15(9-12)23(28(3,25)26)11-17(24)22-14-4-6-16(7-5-14)27-18(19,20)21/h4-10H,11H2,1-3H3,(H,22,24). The van der Waals surface area contributed by atoms with Gasteiger partial charge in [-0.3, -0.25) is 9.10 Å². The van der Waals surface area contributed by atoms with Gasteiger partial charge in [-0.1, -0.05) is 6.07 Å². The van der Waals surface area contributed by atoms with Crippen molar-refractivity contribution < 1.29 is 31.1 Å². The number of carbonyl (C=O) groups is 1. The first-order valence-corrected chi connectivity index (χ1v) is 9.90. The molecule has 0 aromatic heterocycles.